The Bertz CT molecular complexity index is 519. The first-order valence-electron chi connectivity index (χ1n) is 4.92. The van der Waals surface area contributed by atoms with Crippen LogP contribution in [0, 0.1) is 6.92 Å². The predicted molar refractivity (Wildman–Crippen MR) is 62.9 cm³/mol. The molecular weight excluding hydrogens is 224 g/mol. The molecule has 82 valence electrons. The molecule has 0 atom stereocenters. The van der Waals surface area contributed by atoms with Gasteiger partial charge in [-0.1, -0.05) is 23.7 Å². The van der Waals surface area contributed by atoms with Gasteiger partial charge in [-0.05, 0) is 24.6 Å². The second-order valence-corrected chi connectivity index (χ2v) is 4.03. The van der Waals surface area contributed by atoms with Crippen LogP contribution in [0.1, 0.15) is 21.6 Å². The van der Waals surface area contributed by atoms with E-state index in [-0.39, 0.29) is 0 Å². The van der Waals surface area contributed by atoms with Crippen LogP contribution in [0.4, 0.5) is 0 Å². The molecular formula is C12H11ClN2O. The highest BCUT2D eigenvalue weighted by atomic mass is 35.5. The third-order valence-corrected chi connectivity index (χ3v) is 2.72. The van der Waals surface area contributed by atoms with Crippen molar-refractivity contribution in [1.82, 2.24) is 9.78 Å². The molecule has 0 aliphatic rings. The van der Waals surface area contributed by atoms with E-state index in [0.717, 1.165) is 17.5 Å². The number of hydrogen-bond acceptors (Lipinski definition) is 2. The van der Waals surface area contributed by atoms with Crippen LogP contribution in [-0.4, -0.2) is 16.1 Å². The smallest absolute Gasteiger partial charge is 0.153 e. The van der Waals surface area contributed by atoms with Crippen LogP contribution >= 0.6 is 11.6 Å². The van der Waals surface area contributed by atoms with Crippen molar-refractivity contribution in [3.05, 3.63) is 52.3 Å². The van der Waals surface area contributed by atoms with Crippen molar-refractivity contribution in [3.63, 3.8) is 0 Å². The van der Waals surface area contributed by atoms with Crippen LogP contribution in [0.5, 0.6) is 0 Å². The summed E-state index contributed by atoms with van der Waals surface area (Å²) in [5, 5.41) is 4.86. The predicted octanol–water partition coefficient (Wildman–Crippen LogP) is 2.71. The minimum absolute atomic E-state index is 0.625. The molecule has 4 heteroatoms. The Hall–Kier alpha value is -1.61. The summed E-state index contributed by atoms with van der Waals surface area (Å²) < 4.78 is 1.79. The molecule has 1 aromatic carbocycles. The fourth-order valence-electron chi connectivity index (χ4n) is 1.54. The molecule has 1 heterocycles. The first-order chi connectivity index (χ1) is 7.70. The van der Waals surface area contributed by atoms with Crippen molar-refractivity contribution < 1.29 is 4.79 Å². The Morgan fingerprint density at radius 1 is 1.50 bits per heavy atom. The summed E-state index contributed by atoms with van der Waals surface area (Å²) in [4.78, 5) is 10.7. The first-order valence-corrected chi connectivity index (χ1v) is 5.30. The molecule has 0 fully saturated rings. The summed E-state index contributed by atoms with van der Waals surface area (Å²) in [6, 6.07) is 7.60. The molecule has 0 saturated heterocycles. The molecule has 0 spiro atoms. The number of halogens is 1. The maximum Gasteiger partial charge on any atom is 0.153 e. The van der Waals surface area contributed by atoms with Gasteiger partial charge in [-0.2, -0.15) is 5.10 Å². The van der Waals surface area contributed by atoms with Gasteiger partial charge in [0.1, 0.15) is 0 Å². The lowest BCUT2D eigenvalue weighted by atomic mass is 10.2. The molecule has 0 bridgehead atoms. The number of benzene rings is 1. The van der Waals surface area contributed by atoms with E-state index in [0.29, 0.717) is 17.1 Å². The fourth-order valence-corrected chi connectivity index (χ4v) is 1.76. The van der Waals surface area contributed by atoms with Crippen LogP contribution < -0.4 is 0 Å². The number of aldehydes is 1. The summed E-state index contributed by atoms with van der Waals surface area (Å²) in [5.41, 5.74) is 2.56. The summed E-state index contributed by atoms with van der Waals surface area (Å²) in [5.74, 6) is 0. The van der Waals surface area contributed by atoms with Crippen molar-refractivity contribution >= 4 is 17.9 Å². The van der Waals surface area contributed by atoms with Crippen molar-refractivity contribution in [2.24, 2.45) is 0 Å². The third kappa shape index (κ3) is 2.14. The lowest BCUT2D eigenvalue weighted by Crippen LogP contribution is -2.04. The van der Waals surface area contributed by atoms with E-state index in [4.69, 9.17) is 11.6 Å². The van der Waals surface area contributed by atoms with Crippen molar-refractivity contribution in [2.75, 3.05) is 0 Å². The maximum atomic E-state index is 10.7. The van der Waals surface area contributed by atoms with Crippen LogP contribution in [-0.2, 0) is 6.54 Å². The topological polar surface area (TPSA) is 34.9 Å². The van der Waals surface area contributed by atoms with Gasteiger partial charge in [0, 0.05) is 10.7 Å². The van der Waals surface area contributed by atoms with Crippen molar-refractivity contribution in [3.8, 4) is 0 Å². The van der Waals surface area contributed by atoms with Gasteiger partial charge >= 0.3 is 0 Å². The lowest BCUT2D eigenvalue weighted by Gasteiger charge is -2.05. The summed E-state index contributed by atoms with van der Waals surface area (Å²) in [7, 11) is 0. The van der Waals surface area contributed by atoms with Crippen LogP contribution in [0.15, 0.2) is 30.5 Å². The van der Waals surface area contributed by atoms with Gasteiger partial charge in [-0.15, -0.1) is 0 Å². The molecule has 0 radical (unpaired) electrons. The monoisotopic (exact) mass is 234 g/mol. The number of carbonyl (C=O) groups is 1. The summed E-state index contributed by atoms with van der Waals surface area (Å²) in [6.45, 7) is 2.50. The van der Waals surface area contributed by atoms with E-state index in [1.54, 1.807) is 10.9 Å². The highest BCUT2D eigenvalue weighted by molar-refractivity contribution is 6.30. The maximum absolute atomic E-state index is 10.7. The normalized spacial score (nSPS) is 10.4. The standard InChI is InChI=1S/C12H11ClN2O/c1-9-11(8-16)6-14-15(9)7-10-3-2-4-12(13)5-10/h2-6,8H,7H2,1H3. The molecule has 2 rings (SSSR count). The van der Waals surface area contributed by atoms with Gasteiger partial charge in [0.25, 0.3) is 0 Å². The molecule has 0 aliphatic carbocycles. The Labute approximate surface area is 98.7 Å². The highest BCUT2D eigenvalue weighted by Crippen LogP contribution is 2.13. The molecule has 0 aliphatic heterocycles. The van der Waals surface area contributed by atoms with Gasteiger partial charge in [-0.25, -0.2) is 0 Å². The number of nitrogens with zero attached hydrogens (tertiary/aromatic N) is 2. The Morgan fingerprint density at radius 3 is 2.94 bits per heavy atom. The molecule has 0 saturated carbocycles. The van der Waals surface area contributed by atoms with Crippen LogP contribution in [0.2, 0.25) is 5.02 Å². The van der Waals surface area contributed by atoms with E-state index in [9.17, 15) is 4.79 Å². The van der Waals surface area contributed by atoms with Gasteiger partial charge in [0.05, 0.1) is 18.3 Å². The quantitative estimate of drug-likeness (QED) is 0.766. The second kappa shape index (κ2) is 4.49. The van der Waals surface area contributed by atoms with E-state index < -0.39 is 0 Å². The minimum atomic E-state index is 0.625. The first kappa shape index (κ1) is 10.9. The number of aromatic nitrogens is 2. The number of rotatable bonds is 3. The molecule has 0 N–H and O–H groups in total. The van der Waals surface area contributed by atoms with E-state index >= 15 is 0 Å². The molecule has 0 unspecified atom stereocenters. The largest absolute Gasteiger partial charge is 0.298 e. The molecule has 2 aromatic rings. The number of carbonyl (C=O) groups excluding carboxylic acids is 1. The van der Waals surface area contributed by atoms with Gasteiger partial charge in [-0.3, -0.25) is 9.48 Å². The van der Waals surface area contributed by atoms with Gasteiger partial charge < -0.3 is 0 Å². The van der Waals surface area contributed by atoms with Gasteiger partial charge in [0.2, 0.25) is 0 Å². The van der Waals surface area contributed by atoms with Crippen LogP contribution in [0.3, 0.4) is 0 Å². The average Bonchev–Trinajstić information content (AvgIpc) is 2.60. The summed E-state index contributed by atoms with van der Waals surface area (Å²) in [6.07, 6.45) is 2.39. The van der Waals surface area contributed by atoms with Gasteiger partial charge in [0.15, 0.2) is 6.29 Å². The van der Waals surface area contributed by atoms with Crippen LogP contribution in [0.25, 0.3) is 0 Å². The zero-order valence-corrected chi connectivity index (χ0v) is 9.61. The van der Waals surface area contributed by atoms with Crippen molar-refractivity contribution in [2.45, 2.75) is 13.5 Å². The molecule has 3 nitrogen and oxygen atoms in total. The SMILES string of the molecule is Cc1c(C=O)cnn1Cc1cccc(Cl)c1. The Kier molecular flexibility index (Phi) is 3.06. The number of hydrogen-bond donors (Lipinski definition) is 0. The lowest BCUT2D eigenvalue weighted by molar-refractivity contribution is 0.112. The van der Waals surface area contributed by atoms with Crippen molar-refractivity contribution in [1.29, 1.82) is 0 Å². The Morgan fingerprint density at radius 2 is 2.31 bits per heavy atom. The average molecular weight is 235 g/mol. The molecule has 16 heavy (non-hydrogen) atoms. The highest BCUT2D eigenvalue weighted by Gasteiger charge is 2.05. The van der Waals surface area contributed by atoms with E-state index in [1.165, 1.54) is 0 Å². The Balaban J connectivity index is 2.27. The second-order valence-electron chi connectivity index (χ2n) is 3.59. The van der Waals surface area contributed by atoms with E-state index in [2.05, 4.69) is 5.10 Å². The third-order valence-electron chi connectivity index (χ3n) is 2.49. The summed E-state index contributed by atoms with van der Waals surface area (Å²) >= 11 is 5.90. The minimum Gasteiger partial charge on any atom is -0.298 e. The molecule has 1 aromatic heterocycles. The fraction of sp³-hybridized carbons (Fsp3) is 0.167. The van der Waals surface area contributed by atoms with E-state index in [1.807, 2.05) is 31.2 Å². The molecule has 0 amide bonds. The zero-order chi connectivity index (χ0) is 11.5. The zero-order valence-electron chi connectivity index (χ0n) is 8.85.